The van der Waals surface area contributed by atoms with Gasteiger partial charge in [-0.2, -0.15) is 23.6 Å². The zero-order valence-electron chi connectivity index (χ0n) is 12.4. The van der Waals surface area contributed by atoms with Gasteiger partial charge in [0.25, 0.3) is 0 Å². The van der Waals surface area contributed by atoms with Gasteiger partial charge in [0.05, 0.1) is 11.4 Å². The van der Waals surface area contributed by atoms with E-state index in [2.05, 4.69) is 42.6 Å². The molecule has 0 heterocycles. The molecule has 20 heavy (non-hydrogen) atoms. The fraction of sp³-hybridized carbons (Fsp3) is 0.176. The van der Waals surface area contributed by atoms with Gasteiger partial charge in [-0.15, -0.1) is 0 Å². The van der Waals surface area contributed by atoms with Crippen LogP contribution in [-0.4, -0.2) is 0 Å². The second-order valence-electron chi connectivity index (χ2n) is 4.31. The maximum Gasteiger partial charge on any atom is 0.0857 e. The van der Waals surface area contributed by atoms with Gasteiger partial charge in [0.15, 0.2) is 0 Å². The zero-order valence-corrected chi connectivity index (χ0v) is 15.2. The molecule has 2 rings (SSSR count). The zero-order chi connectivity index (χ0) is 12.8. The molecule has 2 nitrogen and oxygen atoms in total. The van der Waals surface area contributed by atoms with E-state index >= 15 is 0 Å². The minimum absolute atomic E-state index is 0. The van der Waals surface area contributed by atoms with E-state index in [0.29, 0.717) is 0 Å². The van der Waals surface area contributed by atoms with E-state index in [4.69, 9.17) is 0 Å². The molecule has 0 amide bonds. The summed E-state index contributed by atoms with van der Waals surface area (Å²) in [6.07, 6.45) is 3.14. The van der Waals surface area contributed by atoms with E-state index in [0.717, 1.165) is 17.8 Å². The summed E-state index contributed by atoms with van der Waals surface area (Å²) >= 11 is 0. The van der Waals surface area contributed by atoms with Crippen LogP contribution in [0.25, 0.3) is 0 Å². The number of azo groups is 1. The molecule has 0 saturated heterocycles. The fourth-order valence-electron chi connectivity index (χ4n) is 1.66. The van der Waals surface area contributed by atoms with Gasteiger partial charge in [-0.25, -0.2) is 0 Å². The van der Waals surface area contributed by atoms with E-state index in [9.17, 15) is 0 Å². The Morgan fingerprint density at radius 2 is 1.30 bits per heavy atom. The Kier molecular flexibility index (Phi) is 9.53. The Bertz CT molecular complexity index is 516. The van der Waals surface area contributed by atoms with Crippen LogP contribution < -0.4 is 0 Å². The topological polar surface area (TPSA) is 24.7 Å². The second kappa shape index (κ2) is 9.96. The van der Waals surface area contributed by atoms with Gasteiger partial charge in [-0.1, -0.05) is 35.4 Å². The monoisotopic (exact) mass is 341 g/mol. The van der Waals surface area contributed by atoms with Crippen molar-refractivity contribution in [1.29, 1.82) is 0 Å². The molecule has 0 bridgehead atoms. The average molecular weight is 341 g/mol. The maximum atomic E-state index is 4.22. The summed E-state index contributed by atoms with van der Waals surface area (Å²) in [5.74, 6) is 0. The molecule has 0 fully saturated rings. The quantitative estimate of drug-likeness (QED) is 0.509. The van der Waals surface area contributed by atoms with Crippen LogP contribution >= 0.6 is 0 Å². The van der Waals surface area contributed by atoms with Gasteiger partial charge in [0, 0.05) is 32.7 Å². The smallest absolute Gasteiger partial charge is 0.0857 e. The van der Waals surface area contributed by atoms with Crippen molar-refractivity contribution in [3.8, 4) is 0 Å². The van der Waals surface area contributed by atoms with Gasteiger partial charge in [0.1, 0.15) is 0 Å². The Morgan fingerprint density at radius 3 is 1.75 bits per heavy atom. The summed E-state index contributed by atoms with van der Waals surface area (Å²) in [5.41, 5.74) is 4.29. The number of hydrogen-bond acceptors (Lipinski definition) is 2. The first-order valence-corrected chi connectivity index (χ1v) is 6.13. The summed E-state index contributed by atoms with van der Waals surface area (Å²) in [4.78, 5) is 0. The Morgan fingerprint density at radius 1 is 0.850 bits per heavy atom. The molecule has 0 aliphatic carbocycles. The number of hydrogen-bond donors (Lipinski definition) is 0. The van der Waals surface area contributed by atoms with E-state index < -0.39 is 0 Å². The predicted molar refractivity (Wildman–Crippen MR) is 81.9 cm³/mol. The summed E-state index contributed by atoms with van der Waals surface area (Å²) < 4.78 is 0. The summed E-state index contributed by atoms with van der Waals surface area (Å²) in [6, 6.07) is 16.2. The number of nitrogens with zero attached hydrogens (tertiary/aromatic N) is 2. The Balaban J connectivity index is 0.00000180. The maximum absolute atomic E-state index is 4.22. The first-order valence-electron chi connectivity index (χ1n) is 6.13. The van der Waals surface area contributed by atoms with E-state index in [1.165, 1.54) is 11.1 Å². The molecule has 0 aliphatic rings. The van der Waals surface area contributed by atoms with Crippen molar-refractivity contribution in [3.63, 3.8) is 0 Å². The third-order valence-electron chi connectivity index (χ3n) is 2.69. The van der Waals surface area contributed by atoms with Gasteiger partial charge in [-0.05, 0) is 31.2 Å². The van der Waals surface area contributed by atoms with Gasteiger partial charge < -0.3 is 13.8 Å². The average Bonchev–Trinajstić information content (AvgIpc) is 2.40. The molecular weight excluding hydrogens is 321 g/mol. The summed E-state index contributed by atoms with van der Waals surface area (Å²) in [7, 11) is 0. The van der Waals surface area contributed by atoms with Crippen LogP contribution in [0.15, 0.2) is 58.8 Å². The molecule has 3 heteroatoms. The van der Waals surface area contributed by atoms with Crippen molar-refractivity contribution >= 4 is 11.4 Å². The molecule has 1 radical (unpaired) electrons. The molecule has 0 atom stereocenters. The second-order valence-corrected chi connectivity index (χ2v) is 4.31. The first-order chi connectivity index (χ1) is 8.78. The van der Waals surface area contributed by atoms with Crippen LogP contribution in [0.4, 0.5) is 11.4 Å². The third kappa shape index (κ3) is 6.06. The van der Waals surface area contributed by atoms with E-state index in [-0.39, 0.29) is 40.1 Å². The molecule has 103 valence electrons. The van der Waals surface area contributed by atoms with Crippen molar-refractivity contribution in [1.82, 2.24) is 0 Å². The molecule has 0 unspecified atom stereocenters. The van der Waals surface area contributed by atoms with Crippen LogP contribution in [0.1, 0.15) is 18.1 Å². The fourth-order valence-corrected chi connectivity index (χ4v) is 1.66. The van der Waals surface area contributed by atoms with Crippen LogP contribution in [0.3, 0.4) is 0 Å². The van der Waals surface area contributed by atoms with Crippen LogP contribution in [-0.2, 0) is 39.1 Å². The summed E-state index contributed by atoms with van der Waals surface area (Å²) in [6.45, 7) is 4.12. The number of benzene rings is 2. The third-order valence-corrected chi connectivity index (χ3v) is 2.69. The molecule has 0 aromatic heterocycles. The van der Waals surface area contributed by atoms with Crippen LogP contribution in [0, 0.1) is 20.8 Å². The van der Waals surface area contributed by atoms with Crippen molar-refractivity contribution in [2.24, 2.45) is 10.2 Å². The molecule has 0 saturated carbocycles. The van der Waals surface area contributed by atoms with Crippen molar-refractivity contribution < 1.29 is 32.7 Å². The largest absolute Gasteiger partial charge is 0.358 e. The van der Waals surface area contributed by atoms with Crippen LogP contribution in [0.5, 0.6) is 0 Å². The molecule has 0 spiro atoms. The minimum atomic E-state index is 0. The first kappa shape index (κ1) is 19.1. The molecular formula is C17H20N2Y-2. The molecule has 2 aromatic carbocycles. The normalized spacial score (nSPS) is 9.90. The van der Waals surface area contributed by atoms with Crippen molar-refractivity contribution in [2.75, 3.05) is 0 Å². The predicted octanol–water partition coefficient (Wildman–Crippen LogP) is 5.62. The van der Waals surface area contributed by atoms with Crippen LogP contribution in [0.2, 0.25) is 0 Å². The molecule has 0 aliphatic heterocycles. The number of aryl methyl sites for hydroxylation is 1. The Hall–Kier alpha value is -0.856. The standard InChI is InChI=1S/C16H17N2.CH3.Y/c1-3-4-14-7-11-16(12-8-14)18-17-15-9-5-13(2)6-10-15;;/h3,5-12H,4H2,1-2H3;1H3;/q2*-1;. The summed E-state index contributed by atoms with van der Waals surface area (Å²) in [5, 5.41) is 8.43. The van der Waals surface area contributed by atoms with E-state index in [1.54, 1.807) is 0 Å². The molecule has 2 aromatic rings. The van der Waals surface area contributed by atoms with Crippen molar-refractivity contribution in [2.45, 2.75) is 20.3 Å². The molecule has 0 N–H and O–H groups in total. The Labute approximate surface area is 147 Å². The number of rotatable bonds is 4. The SMILES string of the molecule is C[CH-]Cc1ccc(N=Nc2ccc(C)cc2)cc1.[CH3-].[Y]. The van der Waals surface area contributed by atoms with Gasteiger partial charge >= 0.3 is 0 Å². The minimum Gasteiger partial charge on any atom is -0.358 e. The van der Waals surface area contributed by atoms with Gasteiger partial charge in [0.2, 0.25) is 0 Å². The van der Waals surface area contributed by atoms with E-state index in [1.807, 2.05) is 36.4 Å². The van der Waals surface area contributed by atoms with Gasteiger partial charge in [-0.3, -0.25) is 0 Å². The van der Waals surface area contributed by atoms with Crippen molar-refractivity contribution in [3.05, 3.63) is 73.5 Å².